The van der Waals surface area contributed by atoms with Gasteiger partial charge in [0, 0.05) is 11.0 Å². The van der Waals surface area contributed by atoms with Crippen LogP contribution in [0.2, 0.25) is 0 Å². The molecule has 4 rings (SSSR count). The lowest BCUT2D eigenvalue weighted by atomic mass is 9.45. The Balaban J connectivity index is 1.75. The molecule has 0 aromatic carbocycles. The van der Waals surface area contributed by atoms with Crippen LogP contribution in [0.25, 0.3) is 0 Å². The van der Waals surface area contributed by atoms with E-state index in [1.165, 1.54) is 32.1 Å². The zero-order chi connectivity index (χ0) is 13.6. The second-order valence-electron chi connectivity index (χ2n) is 7.05. The molecule has 0 amide bonds. The van der Waals surface area contributed by atoms with Crippen molar-refractivity contribution in [1.82, 2.24) is 0 Å². The smallest absolute Gasteiger partial charge is 0.333 e. The first-order valence-electron chi connectivity index (χ1n) is 7.48. The fourth-order valence-electron chi connectivity index (χ4n) is 4.99. The van der Waals surface area contributed by atoms with Crippen molar-refractivity contribution in [3.8, 4) is 0 Å². The molecule has 106 valence electrons. The van der Waals surface area contributed by atoms with Gasteiger partial charge in [0.15, 0.2) is 0 Å². The minimum absolute atomic E-state index is 0.158. The molecule has 0 aromatic rings. The highest BCUT2D eigenvalue weighted by atomic mass is 16.5. The van der Waals surface area contributed by atoms with Crippen molar-refractivity contribution in [1.29, 1.82) is 0 Å². The molecule has 4 saturated carbocycles. The molecule has 0 aromatic heterocycles. The molecule has 0 unspecified atom stereocenters. The Morgan fingerprint density at radius 1 is 1.21 bits per heavy atom. The van der Waals surface area contributed by atoms with Gasteiger partial charge in [0.25, 0.3) is 0 Å². The highest BCUT2D eigenvalue weighted by Crippen LogP contribution is 2.62. The molecule has 4 aliphatic rings. The molecule has 0 atom stereocenters. The zero-order valence-corrected chi connectivity index (χ0v) is 11.7. The van der Waals surface area contributed by atoms with Crippen LogP contribution in [0, 0.1) is 29.1 Å². The molecule has 4 bridgehead atoms. The average molecular weight is 264 g/mol. The number of carbonyl (C=O) groups is 1. The lowest BCUT2D eigenvalue weighted by Gasteiger charge is -2.60. The summed E-state index contributed by atoms with van der Waals surface area (Å²) >= 11 is 0. The van der Waals surface area contributed by atoms with Crippen LogP contribution in [-0.4, -0.2) is 24.3 Å². The van der Waals surface area contributed by atoms with Gasteiger partial charge in [0.1, 0.15) is 0 Å². The number of esters is 1. The van der Waals surface area contributed by atoms with Gasteiger partial charge in [-0.15, -0.1) is 0 Å². The van der Waals surface area contributed by atoms with Gasteiger partial charge in [-0.25, -0.2) is 4.79 Å². The number of aliphatic hydroxyl groups excluding tert-OH is 1. The van der Waals surface area contributed by atoms with Crippen molar-refractivity contribution < 1.29 is 14.6 Å². The Labute approximate surface area is 115 Å². The molecule has 0 saturated heterocycles. The van der Waals surface area contributed by atoms with Crippen LogP contribution < -0.4 is 0 Å². The number of carbonyl (C=O) groups excluding carboxylic acids is 1. The Morgan fingerprint density at radius 3 is 2.16 bits per heavy atom. The second kappa shape index (κ2) is 4.62. The van der Waals surface area contributed by atoms with Crippen LogP contribution in [-0.2, 0) is 9.53 Å². The maximum absolute atomic E-state index is 11.6. The molecular formula is C16H24O3. The van der Waals surface area contributed by atoms with Gasteiger partial charge in [-0.1, -0.05) is 6.58 Å². The largest absolute Gasteiger partial charge is 0.462 e. The summed E-state index contributed by atoms with van der Waals surface area (Å²) < 4.78 is 5.43. The molecule has 4 fully saturated rings. The van der Waals surface area contributed by atoms with Crippen LogP contribution in [0.15, 0.2) is 12.2 Å². The Hall–Kier alpha value is -0.830. The number of rotatable bonds is 4. The third kappa shape index (κ3) is 2.03. The molecule has 0 aliphatic heterocycles. The highest BCUT2D eigenvalue weighted by molar-refractivity contribution is 5.86. The lowest BCUT2D eigenvalue weighted by molar-refractivity contribution is -0.174. The second-order valence-corrected chi connectivity index (χ2v) is 7.05. The number of ether oxygens (including phenoxy) is 1. The van der Waals surface area contributed by atoms with E-state index in [9.17, 15) is 9.90 Å². The fourth-order valence-corrected chi connectivity index (χ4v) is 4.99. The van der Waals surface area contributed by atoms with Gasteiger partial charge in [-0.2, -0.15) is 0 Å². The summed E-state index contributed by atoms with van der Waals surface area (Å²) in [4.78, 5) is 11.6. The average Bonchev–Trinajstić information content (AvgIpc) is 2.37. The molecule has 1 N–H and O–H groups in total. The third-order valence-electron chi connectivity index (χ3n) is 5.88. The SMILES string of the molecule is C=C(C)C(=O)OCC1(CO)C2CC3CC(C2)CC1C3. The lowest BCUT2D eigenvalue weighted by Crippen LogP contribution is -2.57. The van der Waals surface area contributed by atoms with Crippen LogP contribution >= 0.6 is 0 Å². The molecule has 0 radical (unpaired) electrons. The summed E-state index contributed by atoms with van der Waals surface area (Å²) in [6.07, 6.45) is 6.27. The van der Waals surface area contributed by atoms with E-state index < -0.39 is 0 Å². The molecule has 3 heteroatoms. The van der Waals surface area contributed by atoms with E-state index in [4.69, 9.17) is 4.74 Å². The predicted octanol–water partition coefficient (Wildman–Crippen LogP) is 2.54. The molecule has 0 spiro atoms. The van der Waals surface area contributed by atoms with Gasteiger partial charge < -0.3 is 9.84 Å². The third-order valence-corrected chi connectivity index (χ3v) is 5.88. The summed E-state index contributed by atoms with van der Waals surface area (Å²) in [6.45, 7) is 5.83. The van der Waals surface area contributed by atoms with E-state index in [1.807, 2.05) is 0 Å². The summed E-state index contributed by atoms with van der Waals surface area (Å²) in [5, 5.41) is 9.99. The molecular weight excluding hydrogens is 240 g/mol. The van der Waals surface area contributed by atoms with Crippen molar-refractivity contribution in [2.75, 3.05) is 13.2 Å². The molecule has 19 heavy (non-hydrogen) atoms. The number of hydrogen-bond acceptors (Lipinski definition) is 3. The van der Waals surface area contributed by atoms with Gasteiger partial charge >= 0.3 is 5.97 Å². The quantitative estimate of drug-likeness (QED) is 0.627. The first kappa shape index (κ1) is 13.2. The van der Waals surface area contributed by atoms with E-state index in [1.54, 1.807) is 6.92 Å². The summed E-state index contributed by atoms with van der Waals surface area (Å²) in [5.41, 5.74) is 0.273. The van der Waals surface area contributed by atoms with Crippen molar-refractivity contribution in [2.45, 2.75) is 39.0 Å². The van der Waals surface area contributed by atoms with Gasteiger partial charge in [0.2, 0.25) is 0 Å². The predicted molar refractivity (Wildman–Crippen MR) is 72.3 cm³/mol. The van der Waals surface area contributed by atoms with Crippen LogP contribution in [0.4, 0.5) is 0 Å². The first-order chi connectivity index (χ1) is 9.05. The normalized spacial score (nSPS) is 43.3. The Bertz CT molecular complexity index is 371. The monoisotopic (exact) mass is 264 g/mol. The van der Waals surface area contributed by atoms with E-state index in [2.05, 4.69) is 6.58 Å². The van der Waals surface area contributed by atoms with Gasteiger partial charge in [-0.3, -0.25) is 0 Å². The standard InChI is InChI=1S/C16H24O3/c1-10(2)15(18)19-9-16(8-17)13-4-11-3-12(6-13)7-14(16)5-11/h11-14,17H,1,3-9H2,2H3. The molecule has 0 heterocycles. The highest BCUT2D eigenvalue weighted by Gasteiger charge is 2.57. The topological polar surface area (TPSA) is 46.5 Å². The van der Waals surface area contributed by atoms with Crippen molar-refractivity contribution in [3.05, 3.63) is 12.2 Å². The fraction of sp³-hybridized carbons (Fsp3) is 0.812. The van der Waals surface area contributed by atoms with Crippen molar-refractivity contribution in [2.24, 2.45) is 29.1 Å². The van der Waals surface area contributed by atoms with E-state index >= 15 is 0 Å². The summed E-state index contributed by atoms with van der Waals surface area (Å²) in [5.74, 6) is 2.50. The van der Waals surface area contributed by atoms with Crippen molar-refractivity contribution >= 4 is 5.97 Å². The Kier molecular flexibility index (Phi) is 3.20. The first-order valence-corrected chi connectivity index (χ1v) is 7.48. The van der Waals surface area contributed by atoms with E-state index in [0.717, 1.165) is 11.8 Å². The molecule has 3 nitrogen and oxygen atoms in total. The Morgan fingerprint density at radius 2 is 1.74 bits per heavy atom. The summed E-state index contributed by atoms with van der Waals surface area (Å²) in [7, 11) is 0. The zero-order valence-electron chi connectivity index (χ0n) is 11.7. The molecule has 4 aliphatic carbocycles. The minimum Gasteiger partial charge on any atom is -0.462 e. The maximum atomic E-state index is 11.6. The van der Waals surface area contributed by atoms with Crippen LogP contribution in [0.5, 0.6) is 0 Å². The van der Waals surface area contributed by atoms with Crippen LogP contribution in [0.1, 0.15) is 39.0 Å². The number of hydrogen-bond donors (Lipinski definition) is 1. The van der Waals surface area contributed by atoms with Gasteiger partial charge in [0.05, 0.1) is 13.2 Å². The minimum atomic E-state index is -0.318. The van der Waals surface area contributed by atoms with Crippen LogP contribution in [0.3, 0.4) is 0 Å². The van der Waals surface area contributed by atoms with E-state index in [-0.39, 0.29) is 18.0 Å². The van der Waals surface area contributed by atoms with E-state index in [0.29, 0.717) is 24.0 Å². The van der Waals surface area contributed by atoms with Gasteiger partial charge in [-0.05, 0) is 62.7 Å². The summed E-state index contributed by atoms with van der Waals surface area (Å²) in [6, 6.07) is 0. The van der Waals surface area contributed by atoms with Crippen molar-refractivity contribution in [3.63, 3.8) is 0 Å². The number of aliphatic hydroxyl groups is 1. The maximum Gasteiger partial charge on any atom is 0.333 e.